The molecule has 1 heterocycles. The van der Waals surface area contributed by atoms with Crippen LogP contribution in [0.4, 0.5) is 52.7 Å². The lowest BCUT2D eigenvalue weighted by Crippen LogP contribution is -2.35. The van der Waals surface area contributed by atoms with Gasteiger partial charge >= 0.3 is 38.5 Å². The molecule has 2 aliphatic rings. The van der Waals surface area contributed by atoms with Crippen molar-refractivity contribution in [3.63, 3.8) is 0 Å². The van der Waals surface area contributed by atoms with Gasteiger partial charge in [0.05, 0.1) is 42.1 Å². The van der Waals surface area contributed by atoms with E-state index < -0.39 is 146 Å². The van der Waals surface area contributed by atoms with E-state index in [0.29, 0.717) is 18.2 Å². The molecule has 0 bridgehead atoms. The zero-order valence-electron chi connectivity index (χ0n) is 31.3. The molecule has 4 atom stereocenters. The topological polar surface area (TPSA) is 110 Å². The number of aliphatic hydroxyl groups is 1. The SMILES string of the molecule is CC1C=CC(C(F)(F)F)=C(COP(=O)(OCc2ccccc2C(F)(F)F)OC(CO)C2OC(=O)C(OCc3ccccc3C(F)(F)F)=C2OCc2ccccc2C(F)(F)F)C1. The first-order valence-electron chi connectivity index (χ1n) is 17.7. The van der Waals surface area contributed by atoms with E-state index in [0.717, 1.165) is 48.5 Å². The maximum Gasteiger partial charge on any atom is 0.475 e. The first kappa shape index (κ1) is 47.2. The van der Waals surface area contributed by atoms with Crippen molar-refractivity contribution >= 4 is 13.8 Å². The Morgan fingerprint density at radius 3 is 1.62 bits per heavy atom. The maximum atomic E-state index is 14.4. The zero-order valence-corrected chi connectivity index (χ0v) is 32.1. The van der Waals surface area contributed by atoms with E-state index in [9.17, 15) is 67.2 Å². The highest BCUT2D eigenvalue weighted by Gasteiger charge is 2.48. The number of phosphoric acid groups is 1. The van der Waals surface area contributed by atoms with E-state index in [4.69, 9.17) is 27.8 Å². The maximum absolute atomic E-state index is 14.4. The third kappa shape index (κ3) is 12.0. The van der Waals surface area contributed by atoms with Crippen LogP contribution in [0, 0.1) is 5.92 Å². The summed E-state index contributed by atoms with van der Waals surface area (Å²) in [6, 6.07) is 11.5. The largest absolute Gasteiger partial charge is 0.485 e. The third-order valence-corrected chi connectivity index (χ3v) is 10.4. The van der Waals surface area contributed by atoms with Crippen molar-refractivity contribution in [1.29, 1.82) is 0 Å². The zero-order chi connectivity index (χ0) is 45.0. The van der Waals surface area contributed by atoms with Crippen molar-refractivity contribution in [3.8, 4) is 0 Å². The number of cyclic esters (lactones) is 1. The number of ether oxygens (including phenoxy) is 3. The van der Waals surface area contributed by atoms with Gasteiger partial charge in [-0.2, -0.15) is 52.7 Å². The Hall–Kier alpha value is -4.82. The summed E-state index contributed by atoms with van der Waals surface area (Å²) in [5.74, 6) is -4.03. The number of rotatable bonds is 16. The number of phosphoric ester groups is 1. The number of hydrogen-bond donors (Lipinski definition) is 1. The molecule has 0 fully saturated rings. The summed E-state index contributed by atoms with van der Waals surface area (Å²) in [7, 11) is -5.55. The van der Waals surface area contributed by atoms with Gasteiger partial charge in [-0.3, -0.25) is 13.6 Å². The molecule has 1 N–H and O–H groups in total. The van der Waals surface area contributed by atoms with Crippen LogP contribution in [0.25, 0.3) is 0 Å². The minimum absolute atomic E-state index is 0.315. The van der Waals surface area contributed by atoms with E-state index in [1.54, 1.807) is 0 Å². The quantitative estimate of drug-likeness (QED) is 0.0853. The summed E-state index contributed by atoms with van der Waals surface area (Å²) in [6.07, 6.45) is -22.7. The van der Waals surface area contributed by atoms with Gasteiger partial charge in [0, 0.05) is 11.1 Å². The van der Waals surface area contributed by atoms with Crippen LogP contribution in [-0.2, 0) is 75.5 Å². The predicted octanol–water partition coefficient (Wildman–Crippen LogP) is 10.8. The van der Waals surface area contributed by atoms with Crippen LogP contribution in [0.2, 0.25) is 0 Å². The Balaban J connectivity index is 1.54. The fourth-order valence-electron chi connectivity index (χ4n) is 6.18. The van der Waals surface area contributed by atoms with E-state index in [-0.39, 0.29) is 6.42 Å². The number of halogens is 12. The van der Waals surface area contributed by atoms with Gasteiger partial charge < -0.3 is 19.3 Å². The van der Waals surface area contributed by atoms with Crippen LogP contribution in [0.3, 0.4) is 0 Å². The molecule has 0 amide bonds. The number of hydrogen-bond acceptors (Lipinski definition) is 9. The summed E-state index contributed by atoms with van der Waals surface area (Å²) in [5.41, 5.74) is -7.19. The van der Waals surface area contributed by atoms with Crippen molar-refractivity contribution in [2.45, 2.75) is 70.1 Å². The lowest BCUT2D eigenvalue weighted by Gasteiger charge is -2.28. The smallest absolute Gasteiger partial charge is 0.475 e. The van der Waals surface area contributed by atoms with Crippen LogP contribution < -0.4 is 0 Å². The number of aliphatic hydroxyl groups excluding tert-OH is 1. The van der Waals surface area contributed by atoms with Crippen LogP contribution in [0.15, 0.2) is 108 Å². The van der Waals surface area contributed by atoms with E-state index in [1.807, 2.05) is 0 Å². The van der Waals surface area contributed by atoms with Crippen molar-refractivity contribution < 1.29 is 94.9 Å². The normalized spacial score (nSPS) is 19.2. The van der Waals surface area contributed by atoms with Crippen molar-refractivity contribution in [2.75, 3.05) is 13.2 Å². The van der Waals surface area contributed by atoms with Gasteiger partial charge in [-0.15, -0.1) is 0 Å². The fraction of sp³-hybridized carbons (Fsp3) is 0.359. The highest BCUT2D eigenvalue weighted by molar-refractivity contribution is 7.48. The molecule has 0 spiro atoms. The molecule has 3 aromatic rings. The van der Waals surface area contributed by atoms with Gasteiger partial charge in [0.1, 0.15) is 19.3 Å². The van der Waals surface area contributed by atoms with Gasteiger partial charge in [-0.25, -0.2) is 9.36 Å². The lowest BCUT2D eigenvalue weighted by molar-refractivity contribution is -0.148. The average molecular weight is 905 g/mol. The molecule has 332 valence electrons. The van der Waals surface area contributed by atoms with Gasteiger partial charge in [0.25, 0.3) is 0 Å². The van der Waals surface area contributed by atoms with Gasteiger partial charge in [-0.05, 0) is 41.7 Å². The molecule has 0 saturated heterocycles. The summed E-state index contributed by atoms with van der Waals surface area (Å²) in [4.78, 5) is 13.3. The molecule has 3 aromatic carbocycles. The van der Waals surface area contributed by atoms with Crippen LogP contribution in [-0.4, -0.2) is 42.7 Å². The number of allylic oxidation sites excluding steroid dienone is 3. The lowest BCUT2D eigenvalue weighted by atomic mass is 9.91. The molecule has 22 heteroatoms. The Kier molecular flexibility index (Phi) is 14.4. The summed E-state index contributed by atoms with van der Waals surface area (Å²) in [6.45, 7) is -4.37. The standard InChI is InChI=1S/C39H33F12O9P/c1-22-14-15-30(39(49,50)51)26(16-22)21-58-61(54,57-20-25-10-4-7-13-29(25)38(46,47)48)60-31(17-52)32-33(55-18-23-8-2-5-11-27(23)36(40,41)42)34(35(53)59-32)56-19-24-9-3-6-12-28(24)37(43,44)45/h2-15,22,31-32,52H,16-21H2,1H3. The van der Waals surface area contributed by atoms with E-state index in [1.165, 1.54) is 25.1 Å². The second kappa shape index (κ2) is 18.7. The minimum atomic E-state index is -5.55. The molecule has 4 unspecified atom stereocenters. The minimum Gasteiger partial charge on any atom is -0.485 e. The highest BCUT2D eigenvalue weighted by atomic mass is 31.2. The number of alkyl halides is 12. The van der Waals surface area contributed by atoms with Crippen molar-refractivity contribution in [3.05, 3.63) is 141 Å². The van der Waals surface area contributed by atoms with Gasteiger partial charge in [-0.1, -0.05) is 73.7 Å². The fourth-order valence-corrected chi connectivity index (χ4v) is 7.49. The summed E-state index contributed by atoms with van der Waals surface area (Å²) < 4.78 is 213. The number of carbonyl (C=O) groups excluding carboxylic acids is 1. The van der Waals surface area contributed by atoms with E-state index >= 15 is 0 Å². The van der Waals surface area contributed by atoms with Gasteiger partial charge in [0.2, 0.25) is 5.76 Å². The molecule has 1 aliphatic heterocycles. The Morgan fingerprint density at radius 1 is 0.689 bits per heavy atom. The molecular weight excluding hydrogens is 871 g/mol. The van der Waals surface area contributed by atoms with Crippen LogP contribution >= 0.6 is 7.82 Å². The Bertz CT molecular complexity index is 2190. The number of esters is 1. The molecule has 9 nitrogen and oxygen atoms in total. The molecule has 0 aromatic heterocycles. The molecule has 0 radical (unpaired) electrons. The average Bonchev–Trinajstić information content (AvgIpc) is 3.49. The van der Waals surface area contributed by atoms with Gasteiger partial charge in [0.15, 0.2) is 11.9 Å². The molecule has 61 heavy (non-hydrogen) atoms. The summed E-state index contributed by atoms with van der Waals surface area (Å²) >= 11 is 0. The van der Waals surface area contributed by atoms with E-state index in [2.05, 4.69) is 0 Å². The number of benzene rings is 3. The van der Waals surface area contributed by atoms with Crippen LogP contribution in [0.1, 0.15) is 46.7 Å². The summed E-state index contributed by atoms with van der Waals surface area (Å²) in [5, 5.41) is 10.5. The molecular formula is C39H33F12O9P. The predicted molar refractivity (Wildman–Crippen MR) is 187 cm³/mol. The third-order valence-electron chi connectivity index (χ3n) is 9.03. The Morgan fingerprint density at radius 2 is 1.15 bits per heavy atom. The Labute approximate surface area is 338 Å². The molecule has 5 rings (SSSR count). The number of carbonyl (C=O) groups is 1. The van der Waals surface area contributed by atoms with Crippen LogP contribution in [0.5, 0.6) is 0 Å². The second-order valence-corrected chi connectivity index (χ2v) is 15.1. The van der Waals surface area contributed by atoms with Crippen molar-refractivity contribution in [1.82, 2.24) is 0 Å². The molecule has 1 aliphatic carbocycles. The first-order valence-corrected chi connectivity index (χ1v) is 19.2. The molecule has 0 saturated carbocycles. The monoisotopic (exact) mass is 904 g/mol. The van der Waals surface area contributed by atoms with Crippen molar-refractivity contribution in [2.24, 2.45) is 5.92 Å². The second-order valence-electron chi connectivity index (χ2n) is 13.4. The first-order chi connectivity index (χ1) is 28.4. The highest BCUT2D eigenvalue weighted by Crippen LogP contribution is 2.54.